The number of carbonyl (C=O) groups excluding carboxylic acids is 1. The van der Waals surface area contributed by atoms with Crippen LogP contribution in [-0.4, -0.2) is 23.6 Å². The number of aromatic nitrogens is 1. The van der Waals surface area contributed by atoms with Crippen LogP contribution in [0, 0.1) is 0 Å². The highest BCUT2D eigenvalue weighted by atomic mass is 16.1. The molecule has 7 heteroatoms. The van der Waals surface area contributed by atoms with Gasteiger partial charge < -0.3 is 5.32 Å². The Morgan fingerprint density at radius 2 is 2.11 bits per heavy atom. The number of hydrazine groups is 3. The van der Waals surface area contributed by atoms with Crippen molar-refractivity contribution in [3.8, 4) is 0 Å². The average molecular weight is 262 g/mol. The Hall–Kier alpha value is -1.54. The van der Waals surface area contributed by atoms with Gasteiger partial charge in [0.25, 0.3) is 5.91 Å². The zero-order valence-corrected chi connectivity index (χ0v) is 10.6. The molecule has 19 heavy (non-hydrogen) atoms. The summed E-state index contributed by atoms with van der Waals surface area (Å²) >= 11 is 0. The van der Waals surface area contributed by atoms with E-state index in [9.17, 15) is 4.79 Å². The highest BCUT2D eigenvalue weighted by Gasteiger charge is 2.16. The Labute approximate surface area is 111 Å². The standard InChI is InChI=1S/C12H18N6O/c19-12(14-7-11-15-17-18-16-11)9-5-8-3-1-2-4-10(8)13-6-9/h5-6,11,15-18H,1-4,7H2,(H,14,19). The van der Waals surface area contributed by atoms with E-state index in [4.69, 9.17) is 0 Å². The van der Waals surface area contributed by atoms with Gasteiger partial charge in [0.1, 0.15) is 6.17 Å². The van der Waals surface area contributed by atoms with E-state index < -0.39 is 0 Å². The SMILES string of the molecule is O=C(NCC1NNNN1)c1cnc2c(c1)CCCC2. The van der Waals surface area contributed by atoms with E-state index in [0.717, 1.165) is 18.5 Å². The monoisotopic (exact) mass is 262 g/mol. The largest absolute Gasteiger partial charge is 0.349 e. The molecule has 0 atom stereocenters. The fraction of sp³-hybridized carbons (Fsp3) is 0.500. The molecule has 0 aromatic carbocycles. The van der Waals surface area contributed by atoms with Crippen LogP contribution in [0.1, 0.15) is 34.5 Å². The summed E-state index contributed by atoms with van der Waals surface area (Å²) in [6.07, 6.45) is 6.09. The molecule has 7 nitrogen and oxygen atoms in total. The second-order valence-electron chi connectivity index (χ2n) is 4.84. The second-order valence-corrected chi connectivity index (χ2v) is 4.84. The number of fused-ring (bicyclic) bond motifs is 1. The first kappa shape index (κ1) is 12.5. The van der Waals surface area contributed by atoms with E-state index in [1.54, 1.807) is 6.20 Å². The zero-order valence-electron chi connectivity index (χ0n) is 10.6. The number of nitrogens with zero attached hydrogens (tertiary/aromatic N) is 1. The van der Waals surface area contributed by atoms with Gasteiger partial charge in [-0.1, -0.05) is 0 Å². The van der Waals surface area contributed by atoms with E-state index in [1.807, 2.05) is 6.07 Å². The molecule has 5 N–H and O–H groups in total. The minimum atomic E-state index is -0.0867. The van der Waals surface area contributed by atoms with Crippen LogP contribution in [0.15, 0.2) is 12.3 Å². The van der Waals surface area contributed by atoms with Crippen LogP contribution < -0.4 is 27.2 Å². The van der Waals surface area contributed by atoms with Crippen LogP contribution in [0.4, 0.5) is 0 Å². The normalized spacial score (nSPS) is 19.2. The maximum atomic E-state index is 12.0. The second kappa shape index (κ2) is 5.62. The van der Waals surface area contributed by atoms with Gasteiger partial charge in [-0.05, 0) is 37.3 Å². The first-order valence-electron chi connectivity index (χ1n) is 6.60. The van der Waals surface area contributed by atoms with Gasteiger partial charge in [-0.15, -0.1) is 0 Å². The lowest BCUT2D eigenvalue weighted by Gasteiger charge is -2.15. The molecular weight excluding hydrogens is 244 g/mol. The van der Waals surface area contributed by atoms with Crippen molar-refractivity contribution < 1.29 is 4.79 Å². The summed E-state index contributed by atoms with van der Waals surface area (Å²) in [6, 6.07) is 1.98. The number of aryl methyl sites for hydroxylation is 2. The van der Waals surface area contributed by atoms with Crippen molar-refractivity contribution >= 4 is 5.91 Å². The highest BCUT2D eigenvalue weighted by Crippen LogP contribution is 2.19. The molecule has 0 bridgehead atoms. The molecule has 1 amide bonds. The lowest BCUT2D eigenvalue weighted by atomic mass is 9.95. The summed E-state index contributed by atoms with van der Waals surface area (Å²) in [5.74, 6) is -0.0867. The summed E-state index contributed by atoms with van der Waals surface area (Å²) in [4.78, 5) is 16.4. The molecule has 3 rings (SSSR count). The number of hydrogen-bond donors (Lipinski definition) is 5. The van der Waals surface area contributed by atoms with Crippen LogP contribution in [0.3, 0.4) is 0 Å². The van der Waals surface area contributed by atoms with Gasteiger partial charge in [-0.3, -0.25) is 9.78 Å². The Kier molecular flexibility index (Phi) is 3.69. The van der Waals surface area contributed by atoms with Crippen LogP contribution in [0.25, 0.3) is 0 Å². The fourth-order valence-corrected chi connectivity index (χ4v) is 2.39. The summed E-state index contributed by atoms with van der Waals surface area (Å²) in [6.45, 7) is 0.482. The van der Waals surface area contributed by atoms with Crippen molar-refractivity contribution in [3.63, 3.8) is 0 Å². The lowest BCUT2D eigenvalue weighted by Crippen LogP contribution is -2.44. The first-order valence-corrected chi connectivity index (χ1v) is 6.60. The summed E-state index contributed by atoms with van der Waals surface area (Å²) in [7, 11) is 0. The number of hydrogen-bond acceptors (Lipinski definition) is 6. The predicted molar refractivity (Wildman–Crippen MR) is 69.5 cm³/mol. The molecule has 0 radical (unpaired) electrons. The molecule has 0 saturated carbocycles. The predicted octanol–water partition coefficient (Wildman–Crippen LogP) is -0.867. The third-order valence-corrected chi connectivity index (χ3v) is 3.45. The van der Waals surface area contributed by atoms with Crippen LogP contribution in [-0.2, 0) is 12.8 Å². The van der Waals surface area contributed by atoms with Gasteiger partial charge in [-0.2, -0.15) is 11.1 Å². The quantitative estimate of drug-likeness (QED) is 0.487. The van der Waals surface area contributed by atoms with Gasteiger partial charge >= 0.3 is 0 Å². The Morgan fingerprint density at radius 1 is 1.32 bits per heavy atom. The Bertz CT molecular complexity index is 471. The molecule has 0 spiro atoms. The third-order valence-electron chi connectivity index (χ3n) is 3.45. The number of rotatable bonds is 3. The van der Waals surface area contributed by atoms with Crippen molar-refractivity contribution in [1.29, 1.82) is 0 Å². The molecule has 2 heterocycles. The van der Waals surface area contributed by atoms with Crippen molar-refractivity contribution in [2.45, 2.75) is 31.8 Å². The van der Waals surface area contributed by atoms with Crippen molar-refractivity contribution in [2.75, 3.05) is 6.54 Å². The van der Waals surface area contributed by atoms with E-state index >= 15 is 0 Å². The molecule has 102 valence electrons. The maximum absolute atomic E-state index is 12.0. The third kappa shape index (κ3) is 2.90. The van der Waals surface area contributed by atoms with E-state index in [2.05, 4.69) is 32.2 Å². The van der Waals surface area contributed by atoms with Crippen LogP contribution >= 0.6 is 0 Å². The van der Waals surface area contributed by atoms with Gasteiger partial charge in [0, 0.05) is 18.4 Å². The smallest absolute Gasteiger partial charge is 0.252 e. The van der Waals surface area contributed by atoms with Gasteiger partial charge in [0.2, 0.25) is 0 Å². The summed E-state index contributed by atoms with van der Waals surface area (Å²) < 4.78 is 0. The first-order chi connectivity index (χ1) is 9.33. The van der Waals surface area contributed by atoms with Gasteiger partial charge in [0.05, 0.1) is 5.56 Å². The maximum Gasteiger partial charge on any atom is 0.252 e. The van der Waals surface area contributed by atoms with Crippen molar-refractivity contribution in [2.24, 2.45) is 0 Å². The van der Waals surface area contributed by atoms with Crippen LogP contribution in [0.2, 0.25) is 0 Å². The number of nitrogens with one attached hydrogen (secondary N) is 5. The van der Waals surface area contributed by atoms with Gasteiger partial charge in [-0.25, -0.2) is 10.9 Å². The topological polar surface area (TPSA) is 90.1 Å². The van der Waals surface area contributed by atoms with E-state index in [0.29, 0.717) is 12.1 Å². The fourth-order valence-electron chi connectivity index (χ4n) is 2.39. The molecule has 2 aliphatic rings. The molecular formula is C12H18N6O. The lowest BCUT2D eigenvalue weighted by molar-refractivity contribution is 0.0948. The number of pyridine rings is 1. The average Bonchev–Trinajstić information content (AvgIpc) is 2.97. The summed E-state index contributed by atoms with van der Waals surface area (Å²) in [5, 5.41) is 2.86. The molecule has 1 aromatic rings. The number of amides is 1. The van der Waals surface area contributed by atoms with Crippen molar-refractivity contribution in [3.05, 3.63) is 29.1 Å². The van der Waals surface area contributed by atoms with E-state index in [-0.39, 0.29) is 12.1 Å². The zero-order chi connectivity index (χ0) is 13.1. The molecule has 0 unspecified atom stereocenters. The van der Waals surface area contributed by atoms with Crippen molar-refractivity contribution in [1.82, 2.24) is 32.2 Å². The summed E-state index contributed by atoms with van der Waals surface area (Å²) in [5.41, 5.74) is 14.2. The Morgan fingerprint density at radius 3 is 2.95 bits per heavy atom. The molecule has 1 aliphatic heterocycles. The van der Waals surface area contributed by atoms with E-state index in [1.165, 1.54) is 18.4 Å². The minimum Gasteiger partial charge on any atom is -0.349 e. The molecule has 1 saturated heterocycles. The van der Waals surface area contributed by atoms with Crippen LogP contribution in [0.5, 0.6) is 0 Å². The molecule has 1 aromatic heterocycles. The highest BCUT2D eigenvalue weighted by molar-refractivity contribution is 5.94. The Balaban J connectivity index is 1.62. The number of carbonyl (C=O) groups is 1. The molecule has 1 fully saturated rings. The molecule has 1 aliphatic carbocycles. The minimum absolute atomic E-state index is 0.0328. The van der Waals surface area contributed by atoms with Gasteiger partial charge in [0.15, 0.2) is 0 Å².